The van der Waals surface area contributed by atoms with Crippen molar-refractivity contribution in [2.24, 2.45) is 0 Å². The van der Waals surface area contributed by atoms with Crippen LogP contribution in [-0.4, -0.2) is 44.2 Å². The van der Waals surface area contributed by atoms with E-state index in [0.29, 0.717) is 6.04 Å². The molecule has 2 N–H and O–H groups in total. The summed E-state index contributed by atoms with van der Waals surface area (Å²) in [4.78, 5) is 0. The molecule has 1 fully saturated rings. The van der Waals surface area contributed by atoms with Crippen molar-refractivity contribution in [3.8, 4) is 22.7 Å². The Hall–Kier alpha value is -2.93. The van der Waals surface area contributed by atoms with Gasteiger partial charge in [0.25, 0.3) is 0 Å². The summed E-state index contributed by atoms with van der Waals surface area (Å²) in [6, 6.07) is 12.2. The number of benzene rings is 1. The van der Waals surface area contributed by atoms with Crippen molar-refractivity contribution in [3.05, 3.63) is 48.8 Å². The third-order valence-corrected chi connectivity index (χ3v) is 5.44. The minimum Gasteiger partial charge on any atom is -0.496 e. The van der Waals surface area contributed by atoms with E-state index < -0.39 is 0 Å². The Morgan fingerprint density at radius 3 is 2.43 bits per heavy atom. The Morgan fingerprint density at radius 2 is 1.83 bits per heavy atom. The van der Waals surface area contributed by atoms with Crippen LogP contribution in [0.1, 0.15) is 40.5 Å². The minimum atomic E-state index is 0.0798. The van der Waals surface area contributed by atoms with Gasteiger partial charge >= 0.3 is 0 Å². The normalized spacial score (nSPS) is 18.2. The van der Waals surface area contributed by atoms with E-state index in [1.807, 2.05) is 42.6 Å². The van der Waals surface area contributed by atoms with Gasteiger partial charge in [-0.3, -0.25) is 0 Å². The van der Waals surface area contributed by atoms with E-state index in [0.717, 1.165) is 41.4 Å². The molecule has 1 aliphatic rings. The van der Waals surface area contributed by atoms with Gasteiger partial charge in [0.1, 0.15) is 11.6 Å². The molecule has 2 aromatic heterocycles. The lowest BCUT2D eigenvalue weighted by atomic mass is 9.79. The molecule has 7 heteroatoms. The van der Waals surface area contributed by atoms with Crippen LogP contribution in [0.5, 0.6) is 5.75 Å². The fourth-order valence-corrected chi connectivity index (χ4v) is 4.64. The second-order valence-corrected chi connectivity index (χ2v) is 9.28. The molecular weight excluding hydrogens is 376 g/mol. The van der Waals surface area contributed by atoms with Crippen LogP contribution in [0.3, 0.4) is 0 Å². The van der Waals surface area contributed by atoms with Crippen LogP contribution in [-0.2, 0) is 0 Å². The lowest BCUT2D eigenvalue weighted by Crippen LogP contribution is -2.60. The maximum atomic E-state index is 5.60. The molecule has 1 aliphatic heterocycles. The van der Waals surface area contributed by atoms with E-state index in [9.17, 15) is 0 Å². The minimum absolute atomic E-state index is 0.0798. The maximum absolute atomic E-state index is 5.60. The number of nitrogens with one attached hydrogen (secondary N) is 2. The van der Waals surface area contributed by atoms with Gasteiger partial charge in [0.2, 0.25) is 0 Å². The van der Waals surface area contributed by atoms with Gasteiger partial charge in [0.15, 0.2) is 0 Å². The molecule has 1 saturated heterocycles. The molecule has 1 aromatic carbocycles. The molecule has 30 heavy (non-hydrogen) atoms. The van der Waals surface area contributed by atoms with Gasteiger partial charge in [0.05, 0.1) is 18.5 Å². The van der Waals surface area contributed by atoms with Crippen molar-refractivity contribution in [2.45, 2.75) is 57.7 Å². The summed E-state index contributed by atoms with van der Waals surface area (Å²) in [5.74, 6) is 1.53. The highest BCUT2D eigenvalue weighted by molar-refractivity contribution is 5.69. The van der Waals surface area contributed by atoms with E-state index in [2.05, 4.69) is 53.6 Å². The van der Waals surface area contributed by atoms with E-state index in [-0.39, 0.29) is 11.1 Å². The van der Waals surface area contributed by atoms with Crippen LogP contribution in [0.15, 0.2) is 48.8 Å². The highest BCUT2D eigenvalue weighted by Crippen LogP contribution is 2.32. The molecule has 0 atom stereocenters. The molecule has 0 spiro atoms. The Bertz CT molecular complexity index is 979. The Morgan fingerprint density at radius 1 is 1.07 bits per heavy atom. The SMILES string of the molecule is COc1cc(-n2cccn2)ccc1-c1ccc(NC2CC(C)(C)NC(C)(C)C2)nn1. The largest absolute Gasteiger partial charge is 0.496 e. The number of aromatic nitrogens is 4. The molecule has 0 amide bonds. The van der Waals surface area contributed by atoms with Crippen LogP contribution >= 0.6 is 0 Å². The number of anilines is 1. The highest BCUT2D eigenvalue weighted by Gasteiger charge is 2.37. The molecule has 3 heterocycles. The van der Waals surface area contributed by atoms with Crippen molar-refractivity contribution < 1.29 is 4.74 Å². The van der Waals surface area contributed by atoms with Crippen molar-refractivity contribution in [1.82, 2.24) is 25.3 Å². The third kappa shape index (κ3) is 4.46. The summed E-state index contributed by atoms with van der Waals surface area (Å²) in [5.41, 5.74) is 2.77. The second kappa shape index (κ2) is 7.72. The number of hydrogen-bond donors (Lipinski definition) is 2. The van der Waals surface area contributed by atoms with Gasteiger partial charge in [-0.1, -0.05) is 0 Å². The zero-order valence-corrected chi connectivity index (χ0v) is 18.3. The first kappa shape index (κ1) is 20.3. The number of nitrogens with zero attached hydrogens (tertiary/aromatic N) is 4. The molecule has 0 saturated carbocycles. The lowest BCUT2D eigenvalue weighted by molar-refractivity contribution is 0.170. The van der Waals surface area contributed by atoms with Crippen molar-refractivity contribution in [1.29, 1.82) is 0 Å². The summed E-state index contributed by atoms with van der Waals surface area (Å²) >= 11 is 0. The highest BCUT2D eigenvalue weighted by atomic mass is 16.5. The van der Waals surface area contributed by atoms with Crippen molar-refractivity contribution in [2.75, 3.05) is 12.4 Å². The van der Waals surface area contributed by atoms with Gasteiger partial charge in [-0.2, -0.15) is 5.10 Å². The average molecular weight is 407 g/mol. The Balaban J connectivity index is 1.52. The second-order valence-electron chi connectivity index (χ2n) is 9.28. The molecular formula is C23H30N6O. The molecule has 4 rings (SSSR count). The standard InChI is InChI=1S/C23H30N6O/c1-22(2)14-16(15-23(3,4)28-22)25-21-10-9-19(26-27-21)18-8-7-17(13-20(18)30-5)29-12-6-11-24-29/h6-13,16,28H,14-15H2,1-5H3,(H,25,27). The molecule has 3 aromatic rings. The Labute approximate surface area is 177 Å². The number of ether oxygens (including phenoxy) is 1. The predicted molar refractivity (Wildman–Crippen MR) is 119 cm³/mol. The number of rotatable bonds is 5. The first-order chi connectivity index (χ1) is 14.2. The predicted octanol–water partition coefficient (Wildman–Crippen LogP) is 4.06. The van der Waals surface area contributed by atoms with Crippen LogP contribution in [0, 0.1) is 0 Å². The zero-order valence-electron chi connectivity index (χ0n) is 18.3. The summed E-state index contributed by atoms with van der Waals surface area (Å²) in [5, 5.41) is 20.4. The van der Waals surface area contributed by atoms with Crippen molar-refractivity contribution in [3.63, 3.8) is 0 Å². The van der Waals surface area contributed by atoms with Gasteiger partial charge < -0.3 is 15.4 Å². The molecule has 0 radical (unpaired) electrons. The zero-order chi connectivity index (χ0) is 21.4. The van der Waals surface area contributed by atoms with Gasteiger partial charge in [-0.25, -0.2) is 4.68 Å². The summed E-state index contributed by atoms with van der Waals surface area (Å²) in [6.45, 7) is 8.99. The average Bonchev–Trinajstić information content (AvgIpc) is 3.20. The molecule has 158 valence electrons. The summed E-state index contributed by atoms with van der Waals surface area (Å²) in [6.07, 6.45) is 5.71. The topological polar surface area (TPSA) is 76.9 Å². The van der Waals surface area contributed by atoms with Gasteiger partial charge in [-0.05, 0) is 70.9 Å². The number of piperidine rings is 1. The third-order valence-electron chi connectivity index (χ3n) is 5.44. The first-order valence-electron chi connectivity index (χ1n) is 10.3. The molecule has 0 unspecified atom stereocenters. The van der Waals surface area contributed by atoms with Gasteiger partial charge in [-0.15, -0.1) is 10.2 Å². The lowest BCUT2D eigenvalue weighted by Gasteiger charge is -2.46. The molecule has 7 nitrogen and oxygen atoms in total. The quantitative estimate of drug-likeness (QED) is 0.665. The van der Waals surface area contributed by atoms with Crippen LogP contribution in [0.2, 0.25) is 0 Å². The van der Waals surface area contributed by atoms with E-state index in [1.54, 1.807) is 18.0 Å². The fraction of sp³-hybridized carbons (Fsp3) is 0.435. The van der Waals surface area contributed by atoms with E-state index >= 15 is 0 Å². The molecule has 0 bridgehead atoms. The maximum Gasteiger partial charge on any atom is 0.148 e. The van der Waals surface area contributed by atoms with Crippen molar-refractivity contribution >= 4 is 5.82 Å². The fourth-order valence-electron chi connectivity index (χ4n) is 4.64. The smallest absolute Gasteiger partial charge is 0.148 e. The number of methoxy groups -OCH3 is 1. The van der Waals surface area contributed by atoms with Crippen LogP contribution in [0.4, 0.5) is 5.82 Å². The van der Waals surface area contributed by atoms with Gasteiger partial charge in [0, 0.05) is 41.1 Å². The monoisotopic (exact) mass is 406 g/mol. The van der Waals surface area contributed by atoms with E-state index in [1.165, 1.54) is 0 Å². The number of hydrogen-bond acceptors (Lipinski definition) is 6. The molecule has 0 aliphatic carbocycles. The summed E-state index contributed by atoms with van der Waals surface area (Å²) in [7, 11) is 1.66. The first-order valence-corrected chi connectivity index (χ1v) is 10.3. The Kier molecular flexibility index (Phi) is 5.24. The van der Waals surface area contributed by atoms with Crippen LogP contribution < -0.4 is 15.4 Å². The van der Waals surface area contributed by atoms with E-state index in [4.69, 9.17) is 4.74 Å². The summed E-state index contributed by atoms with van der Waals surface area (Å²) < 4.78 is 7.40. The van der Waals surface area contributed by atoms with Crippen LogP contribution in [0.25, 0.3) is 16.9 Å².